The maximum Gasteiger partial charge on any atom is 0.319 e. The summed E-state index contributed by atoms with van der Waals surface area (Å²) < 4.78 is 13.3. The Bertz CT molecular complexity index is 1260. The number of amides is 3. The summed E-state index contributed by atoms with van der Waals surface area (Å²) in [6.45, 7) is 9.15. The van der Waals surface area contributed by atoms with E-state index in [1.54, 1.807) is 0 Å². The zero-order chi connectivity index (χ0) is 31.3. The molecule has 2 aromatic carbocycles. The summed E-state index contributed by atoms with van der Waals surface area (Å²) in [5, 5.41) is 18.5. The van der Waals surface area contributed by atoms with Crippen LogP contribution in [0.25, 0.3) is 0 Å². The van der Waals surface area contributed by atoms with Crippen LogP contribution in [0.4, 0.5) is 10.5 Å². The number of urea groups is 1. The van der Waals surface area contributed by atoms with Gasteiger partial charge in [0.2, 0.25) is 5.91 Å². The highest BCUT2D eigenvalue weighted by molar-refractivity contribution is 5.89. The van der Waals surface area contributed by atoms with Crippen LogP contribution in [0.5, 0.6) is 0 Å². The van der Waals surface area contributed by atoms with E-state index in [0.29, 0.717) is 37.2 Å². The maximum atomic E-state index is 13.7. The lowest BCUT2D eigenvalue weighted by molar-refractivity contribution is -0.255. The Morgan fingerprint density at radius 3 is 2.48 bits per heavy atom. The molecule has 2 aliphatic heterocycles. The van der Waals surface area contributed by atoms with Crippen LogP contribution in [0.2, 0.25) is 0 Å². The standard InChI is InChI=1S/C35H50N4O5/c1-5-36-34(42)37-27-11-8-10-26(19-27)33-43-28(20-31(44-33)25-15-13-23(22-40)14-16-25)21-39-29-12-7-6-9-24(29)17-18-30(39)32(41)38-35(2,3)4/h8,10-11,13-16,19,24,28-31,33,40H,5-7,9,12,17-18,20-22H2,1-4H3,(H,38,41)(H2,36,37,42)/t24-,28-,29-,30-,31+,33+/m1/s1. The van der Waals surface area contributed by atoms with E-state index in [0.717, 1.165) is 36.0 Å². The van der Waals surface area contributed by atoms with E-state index in [2.05, 4.69) is 20.9 Å². The quantitative estimate of drug-likeness (QED) is 0.302. The first kappa shape index (κ1) is 32.4. The Balaban J connectivity index is 1.42. The van der Waals surface area contributed by atoms with E-state index >= 15 is 0 Å². The van der Waals surface area contributed by atoms with E-state index < -0.39 is 6.29 Å². The Kier molecular flexibility index (Phi) is 10.6. The van der Waals surface area contributed by atoms with Gasteiger partial charge >= 0.3 is 6.03 Å². The fraction of sp³-hybridized carbons (Fsp3) is 0.600. The second kappa shape index (κ2) is 14.4. The molecular weight excluding hydrogens is 556 g/mol. The van der Waals surface area contributed by atoms with Gasteiger partial charge in [-0.25, -0.2) is 4.79 Å². The molecule has 0 aromatic heterocycles. The van der Waals surface area contributed by atoms with Crippen LogP contribution in [0.15, 0.2) is 48.5 Å². The number of ether oxygens (including phenoxy) is 2. The number of carbonyl (C=O) groups excluding carboxylic acids is 2. The van der Waals surface area contributed by atoms with Crippen molar-refractivity contribution in [3.05, 3.63) is 65.2 Å². The molecule has 1 saturated carbocycles. The highest BCUT2D eigenvalue weighted by Gasteiger charge is 2.44. The molecule has 0 radical (unpaired) electrons. The lowest BCUT2D eigenvalue weighted by Gasteiger charge is -2.50. The van der Waals surface area contributed by atoms with Gasteiger partial charge in [-0.15, -0.1) is 0 Å². The number of hydrogen-bond acceptors (Lipinski definition) is 6. The van der Waals surface area contributed by atoms with Gasteiger partial charge in [-0.3, -0.25) is 9.69 Å². The van der Waals surface area contributed by atoms with Crippen molar-refractivity contribution in [3.63, 3.8) is 0 Å². The van der Waals surface area contributed by atoms with E-state index in [1.807, 2.05) is 76.2 Å². The van der Waals surface area contributed by atoms with E-state index in [9.17, 15) is 14.7 Å². The van der Waals surface area contributed by atoms with Crippen LogP contribution in [-0.2, 0) is 20.9 Å². The minimum atomic E-state index is -0.652. The predicted molar refractivity (Wildman–Crippen MR) is 171 cm³/mol. The summed E-state index contributed by atoms with van der Waals surface area (Å²) in [6, 6.07) is 15.4. The summed E-state index contributed by atoms with van der Waals surface area (Å²) in [5.41, 5.74) is 3.05. The van der Waals surface area contributed by atoms with Gasteiger partial charge in [-0.2, -0.15) is 0 Å². The maximum absolute atomic E-state index is 13.7. The van der Waals surface area contributed by atoms with Gasteiger partial charge in [0.1, 0.15) is 0 Å². The average Bonchev–Trinajstić information content (AvgIpc) is 3.00. The second-order valence-corrected chi connectivity index (χ2v) is 13.6. The number of likely N-dealkylation sites (tertiary alicyclic amines) is 1. The lowest BCUT2D eigenvalue weighted by atomic mass is 9.75. The van der Waals surface area contributed by atoms with Crippen molar-refractivity contribution in [2.45, 2.75) is 115 Å². The lowest BCUT2D eigenvalue weighted by Crippen LogP contribution is -2.61. The van der Waals surface area contributed by atoms with Crippen molar-refractivity contribution in [2.75, 3.05) is 18.4 Å². The number of piperidine rings is 1. The molecule has 2 heterocycles. The number of nitrogens with one attached hydrogen (secondary N) is 3. The van der Waals surface area contributed by atoms with Crippen molar-refractivity contribution in [1.82, 2.24) is 15.5 Å². The van der Waals surface area contributed by atoms with Gasteiger partial charge in [-0.1, -0.05) is 49.2 Å². The molecule has 5 rings (SSSR count). The molecule has 9 nitrogen and oxygen atoms in total. The molecule has 240 valence electrons. The number of fused-ring (bicyclic) bond motifs is 1. The summed E-state index contributed by atoms with van der Waals surface area (Å²) in [7, 11) is 0. The van der Waals surface area contributed by atoms with E-state index in [-0.39, 0.29) is 42.3 Å². The van der Waals surface area contributed by atoms with E-state index in [4.69, 9.17) is 9.47 Å². The van der Waals surface area contributed by atoms with Gasteiger partial charge in [0, 0.05) is 42.3 Å². The normalized spacial score (nSPS) is 27.7. The molecule has 9 heteroatoms. The largest absolute Gasteiger partial charge is 0.392 e. The monoisotopic (exact) mass is 606 g/mol. The minimum Gasteiger partial charge on any atom is -0.392 e. The third-order valence-electron chi connectivity index (χ3n) is 9.09. The van der Waals surface area contributed by atoms with Crippen LogP contribution < -0.4 is 16.0 Å². The number of anilines is 1. The molecule has 3 aliphatic rings. The van der Waals surface area contributed by atoms with Crippen molar-refractivity contribution >= 4 is 17.6 Å². The number of aliphatic hydroxyl groups excluding tert-OH is 1. The number of carbonyl (C=O) groups is 2. The summed E-state index contributed by atoms with van der Waals surface area (Å²) >= 11 is 0. The molecule has 2 aromatic rings. The summed E-state index contributed by atoms with van der Waals surface area (Å²) in [5.74, 6) is 0.710. The van der Waals surface area contributed by atoms with Gasteiger partial charge in [0.05, 0.1) is 24.9 Å². The molecule has 3 fully saturated rings. The third kappa shape index (κ3) is 8.18. The van der Waals surface area contributed by atoms with Crippen LogP contribution in [0.1, 0.15) is 102 Å². The number of hydrogen-bond donors (Lipinski definition) is 4. The fourth-order valence-electron chi connectivity index (χ4n) is 7.09. The molecule has 4 N–H and O–H groups in total. The first-order chi connectivity index (χ1) is 21.1. The molecule has 0 spiro atoms. The number of aliphatic hydroxyl groups is 1. The smallest absolute Gasteiger partial charge is 0.319 e. The number of nitrogens with zero attached hydrogens (tertiary/aromatic N) is 1. The van der Waals surface area contributed by atoms with Gasteiger partial charge in [0.15, 0.2) is 6.29 Å². The van der Waals surface area contributed by atoms with Crippen molar-refractivity contribution < 1.29 is 24.2 Å². The highest BCUT2D eigenvalue weighted by Crippen LogP contribution is 2.42. The van der Waals surface area contributed by atoms with Crippen LogP contribution in [0.3, 0.4) is 0 Å². The van der Waals surface area contributed by atoms with Gasteiger partial charge < -0.3 is 30.5 Å². The molecule has 3 amide bonds. The first-order valence-electron chi connectivity index (χ1n) is 16.4. The van der Waals surface area contributed by atoms with Gasteiger partial charge in [0.25, 0.3) is 0 Å². The molecule has 6 atom stereocenters. The molecular formula is C35H50N4O5. The fourth-order valence-corrected chi connectivity index (χ4v) is 7.09. The van der Waals surface area contributed by atoms with Crippen LogP contribution >= 0.6 is 0 Å². The topological polar surface area (TPSA) is 112 Å². The summed E-state index contributed by atoms with van der Waals surface area (Å²) in [6.07, 6.45) is 6.30. The van der Waals surface area contributed by atoms with Crippen molar-refractivity contribution in [1.29, 1.82) is 0 Å². The highest BCUT2D eigenvalue weighted by atomic mass is 16.7. The van der Waals surface area contributed by atoms with E-state index in [1.165, 1.54) is 19.3 Å². The van der Waals surface area contributed by atoms with Crippen LogP contribution in [-0.4, -0.2) is 58.8 Å². The Morgan fingerprint density at radius 1 is 0.977 bits per heavy atom. The zero-order valence-electron chi connectivity index (χ0n) is 26.7. The van der Waals surface area contributed by atoms with Crippen molar-refractivity contribution in [2.24, 2.45) is 5.92 Å². The Morgan fingerprint density at radius 2 is 1.75 bits per heavy atom. The first-order valence-corrected chi connectivity index (χ1v) is 16.4. The molecule has 0 bridgehead atoms. The third-order valence-corrected chi connectivity index (χ3v) is 9.09. The SMILES string of the molecule is CCNC(=O)Nc1cccc([C@H]2O[C@@H](CN3[C@@H](C(=O)NC(C)(C)C)CC[C@H]4CCCC[C@H]43)C[C@@H](c3ccc(CO)cc3)O2)c1. The van der Waals surface area contributed by atoms with Crippen LogP contribution in [0, 0.1) is 5.92 Å². The van der Waals surface area contributed by atoms with Crippen molar-refractivity contribution in [3.8, 4) is 0 Å². The molecule has 2 saturated heterocycles. The minimum absolute atomic E-state index is 0.0128. The number of rotatable bonds is 8. The predicted octanol–water partition coefficient (Wildman–Crippen LogP) is 5.80. The molecule has 1 aliphatic carbocycles. The van der Waals surface area contributed by atoms with Gasteiger partial charge in [-0.05, 0) is 82.6 Å². The molecule has 44 heavy (non-hydrogen) atoms. The summed E-state index contributed by atoms with van der Waals surface area (Å²) in [4.78, 5) is 28.3. The molecule has 0 unspecified atom stereocenters. The zero-order valence-corrected chi connectivity index (χ0v) is 26.7. The second-order valence-electron chi connectivity index (χ2n) is 13.6. The Labute approximate surface area is 262 Å². The number of benzene rings is 2. The Hall–Kier alpha value is -2.98. The average molecular weight is 607 g/mol.